The second-order valence-corrected chi connectivity index (χ2v) is 35.8. The zero-order chi connectivity index (χ0) is 77.8. The van der Waals surface area contributed by atoms with E-state index in [0.717, 1.165) is 0 Å². The Hall–Kier alpha value is -6.52. The number of amides is 2. The smallest absolute Gasteiger partial charge is 0.407 e. The van der Waals surface area contributed by atoms with E-state index >= 15 is 0 Å². The molecule has 4 aromatic carbocycles. The van der Waals surface area contributed by atoms with E-state index in [1.165, 1.54) is 90.4 Å². The van der Waals surface area contributed by atoms with Gasteiger partial charge in [-0.15, -0.1) is 0 Å². The van der Waals surface area contributed by atoms with Gasteiger partial charge in [0.25, 0.3) is 0 Å². The van der Waals surface area contributed by atoms with Crippen LogP contribution in [0.3, 0.4) is 0 Å². The Morgan fingerprint density at radius 1 is 0.528 bits per heavy atom. The molecule has 31 nitrogen and oxygen atoms in total. The van der Waals surface area contributed by atoms with Crippen molar-refractivity contribution >= 4 is 59.1 Å². The second kappa shape index (κ2) is 39.7. The summed E-state index contributed by atoms with van der Waals surface area (Å²) in [6.07, 6.45) is -8.49. The number of methoxy groups -OCH3 is 2. The molecule has 592 valence electrons. The highest BCUT2D eigenvalue weighted by atomic mass is 32.2. The number of nitrogens with one attached hydrogen (secondary N) is 2. The Balaban J connectivity index is 0.000000309. The first-order valence-electron chi connectivity index (χ1n) is 35.1. The molecule has 0 aromatic heterocycles. The van der Waals surface area contributed by atoms with Crippen LogP contribution in [-0.2, 0) is 94.0 Å². The first-order chi connectivity index (χ1) is 49.9. The Bertz CT molecular complexity index is 3760. The van der Waals surface area contributed by atoms with E-state index in [9.17, 15) is 55.4 Å². The number of aliphatic hydroxyl groups is 2. The van der Waals surface area contributed by atoms with E-state index in [1.54, 1.807) is 71.0 Å². The molecule has 4 aromatic rings. The van der Waals surface area contributed by atoms with Crippen LogP contribution in [0.2, 0.25) is 0 Å². The molecule has 0 radical (unpaired) electrons. The lowest BCUT2D eigenvalue weighted by Crippen LogP contribution is -2.51. The normalized spacial score (nSPS) is 21.0. The highest BCUT2D eigenvalue weighted by molar-refractivity contribution is 7.89. The first kappa shape index (κ1) is 86.7. The third-order valence-electron chi connectivity index (χ3n) is 17.3. The number of alkyl carbamates (subject to hydrolysis) is 2. The number of hydrogen-bond acceptors (Lipinski definition) is 25. The van der Waals surface area contributed by atoms with Crippen LogP contribution in [0, 0.1) is 29.6 Å². The Morgan fingerprint density at radius 2 is 0.906 bits per heavy atom. The van der Waals surface area contributed by atoms with Gasteiger partial charge in [-0.1, -0.05) is 58.9 Å². The standard InChI is InChI=1S/C42H63N2O15PS.C29H41N2O12PS/c1-26(2)21-44(61(50,51)34-16-14-32(52-9)15-17-34)22-37(45)36(43-42(48)58-38-23-54-41-35(38)18-19-53-41)20-31-10-12-33(13-11-31)55-25-60(49,24-29(7)39(46)56-27(3)4)59-30(8)40(47)57-28(5)6;1-19(2)15-31(45(37,38)23-10-8-21(39-3)9-11-23)16-26(32)25(14-20-4-6-22(7-5-20)42-18-44(34,35)36)30-29(33)43-27-17-41-28-24(27)12-13-40-28/h10-17,26-30,35-38,41,45H,18-25H2,1-9H3,(H,43,48);4-11,19,24-28,32H,12-18H2,1-3H3,(H,30,33)(H2,34,35,36)/t29-,30+,35?,36+,37-,38+,41-,60?;24?,25-,26+,27-,28+/m10/s1. The van der Waals surface area contributed by atoms with Gasteiger partial charge in [0, 0.05) is 32.3 Å². The van der Waals surface area contributed by atoms with Gasteiger partial charge >= 0.3 is 31.7 Å². The maximum Gasteiger partial charge on any atom is 0.407 e. The number of carbonyl (C=O) groups is 4. The van der Waals surface area contributed by atoms with Gasteiger partial charge in [-0.3, -0.25) is 13.9 Å². The minimum Gasteiger partial charge on any atom is -0.497 e. The molecule has 0 saturated carbocycles. The van der Waals surface area contributed by atoms with Gasteiger partial charge in [-0.2, -0.15) is 8.61 Å². The SMILES string of the molecule is COc1ccc(S(=O)(=O)N(CC(C)C)C[C@@H](O)[C@H](Cc2ccc(OCP(=O)(C[C@@H](C)C(=O)OC(C)C)O[C@@H](C)C(=O)OC(C)C)cc2)NC(=O)O[C@H]2CO[C@H]3OCCC32)cc1.COc1ccc(S(=O)(=O)N(CC(C)C)C[C@@H](O)[C@H](Cc2ccc(OCP(=O)(O)O)cc2)NC(=O)O[C@H]2CO[C@H]3OCCC32)cc1. The summed E-state index contributed by atoms with van der Waals surface area (Å²) in [5.41, 5.74) is 1.25. The van der Waals surface area contributed by atoms with Crippen LogP contribution in [-0.4, -0.2) is 223 Å². The molecule has 0 aliphatic carbocycles. The fourth-order valence-corrected chi connectivity index (χ4v) is 17.8. The second-order valence-electron chi connectivity index (χ2n) is 27.9. The number of ether oxygens (including phenoxy) is 12. The van der Waals surface area contributed by atoms with Crippen LogP contribution in [0.15, 0.2) is 107 Å². The number of sulfonamides is 2. The number of aliphatic hydroxyl groups excluding tert-OH is 2. The van der Waals surface area contributed by atoms with Crippen molar-refractivity contribution in [2.75, 3.05) is 85.7 Å². The topological polar surface area (TPSA) is 402 Å². The van der Waals surface area contributed by atoms with E-state index in [1.807, 2.05) is 27.7 Å². The zero-order valence-electron chi connectivity index (χ0n) is 61.9. The summed E-state index contributed by atoms with van der Waals surface area (Å²) >= 11 is 0. The average Bonchev–Trinajstić information content (AvgIpc) is 0.910. The molecule has 2 amide bonds. The Morgan fingerprint density at radius 3 is 1.27 bits per heavy atom. The van der Waals surface area contributed by atoms with Crippen molar-refractivity contribution in [3.63, 3.8) is 0 Å². The molecule has 0 spiro atoms. The van der Waals surface area contributed by atoms with Crippen molar-refractivity contribution in [2.24, 2.45) is 29.6 Å². The molecule has 4 heterocycles. The van der Waals surface area contributed by atoms with Gasteiger partial charge in [0.05, 0.1) is 105 Å². The molecular formula is C71H104N4O27P2S2. The predicted octanol–water partition coefficient (Wildman–Crippen LogP) is 7.68. The van der Waals surface area contributed by atoms with Crippen molar-refractivity contribution in [3.8, 4) is 23.0 Å². The summed E-state index contributed by atoms with van der Waals surface area (Å²) in [5.74, 6) is -1.09. The zero-order valence-corrected chi connectivity index (χ0v) is 65.3. The van der Waals surface area contributed by atoms with Crippen LogP contribution >= 0.6 is 15.0 Å². The maximum absolute atomic E-state index is 14.2. The lowest BCUT2D eigenvalue weighted by molar-refractivity contribution is -0.155. The van der Waals surface area contributed by atoms with Gasteiger partial charge in [0.1, 0.15) is 35.2 Å². The third-order valence-corrected chi connectivity index (χ3v) is 23.7. The van der Waals surface area contributed by atoms with Gasteiger partial charge in [0.2, 0.25) is 27.4 Å². The minimum absolute atomic E-state index is 0.0140. The summed E-state index contributed by atoms with van der Waals surface area (Å²) in [5, 5.41) is 28.7. The number of carbonyl (C=O) groups excluding carboxylic acids is 4. The average molecular weight is 1570 g/mol. The molecule has 4 aliphatic rings. The molecule has 4 fully saturated rings. The molecule has 106 heavy (non-hydrogen) atoms. The molecular weight excluding hydrogens is 1470 g/mol. The molecule has 0 bridgehead atoms. The number of rotatable bonds is 38. The van der Waals surface area contributed by atoms with E-state index in [2.05, 4.69) is 10.6 Å². The van der Waals surface area contributed by atoms with Gasteiger partial charge in [0.15, 0.2) is 31.4 Å². The number of benzene rings is 4. The minimum atomic E-state index is -4.37. The molecule has 4 saturated heterocycles. The number of nitrogens with zero attached hydrogens (tertiary/aromatic N) is 2. The molecule has 8 rings (SSSR count). The van der Waals surface area contributed by atoms with Gasteiger partial charge < -0.3 is 92.0 Å². The molecule has 13 atom stereocenters. The molecule has 35 heteroatoms. The lowest BCUT2D eigenvalue weighted by atomic mass is 10.0. The summed E-state index contributed by atoms with van der Waals surface area (Å²) in [6, 6.07) is 22.6. The van der Waals surface area contributed by atoms with Crippen LogP contribution in [0.4, 0.5) is 9.59 Å². The number of esters is 2. The van der Waals surface area contributed by atoms with Gasteiger partial charge in [-0.05, 0) is 156 Å². The van der Waals surface area contributed by atoms with Crippen molar-refractivity contribution in [1.82, 2.24) is 19.2 Å². The summed E-state index contributed by atoms with van der Waals surface area (Å²) in [4.78, 5) is 69.9. The monoisotopic (exact) mass is 1570 g/mol. The highest BCUT2D eigenvalue weighted by Crippen LogP contribution is 2.50. The quantitative estimate of drug-likeness (QED) is 0.0142. The van der Waals surface area contributed by atoms with Crippen molar-refractivity contribution in [3.05, 3.63) is 108 Å². The lowest BCUT2D eigenvalue weighted by Gasteiger charge is -2.31. The van der Waals surface area contributed by atoms with Crippen LogP contribution in [0.1, 0.15) is 93.2 Å². The van der Waals surface area contributed by atoms with Gasteiger partial charge in [-0.25, -0.2) is 31.2 Å². The fraction of sp³-hybridized carbons (Fsp3) is 0.606. The molecule has 6 N–H and O–H groups in total. The Labute approximate surface area is 620 Å². The van der Waals surface area contributed by atoms with E-state index < -0.39 is 145 Å². The summed E-state index contributed by atoms with van der Waals surface area (Å²) in [6.45, 7) is 18.0. The summed E-state index contributed by atoms with van der Waals surface area (Å²) < 4.78 is 154. The highest BCUT2D eigenvalue weighted by Gasteiger charge is 2.46. The molecule has 3 unspecified atom stereocenters. The van der Waals surface area contributed by atoms with Crippen molar-refractivity contribution < 1.29 is 127 Å². The summed E-state index contributed by atoms with van der Waals surface area (Å²) in [7, 11) is -13.4. The predicted molar refractivity (Wildman–Crippen MR) is 385 cm³/mol. The number of fused-ring (bicyclic) bond motifs is 2. The Kier molecular flexibility index (Phi) is 32.5. The number of hydrogen-bond donors (Lipinski definition) is 6. The van der Waals surface area contributed by atoms with E-state index in [-0.39, 0.29) is 103 Å². The fourth-order valence-electron chi connectivity index (χ4n) is 12.0. The largest absolute Gasteiger partial charge is 0.497 e. The third kappa shape index (κ3) is 26.4. The van der Waals surface area contributed by atoms with Crippen LogP contribution < -0.4 is 29.6 Å². The first-order valence-corrected chi connectivity index (χ1v) is 41.8. The van der Waals surface area contributed by atoms with E-state index in [0.29, 0.717) is 48.7 Å². The van der Waals surface area contributed by atoms with Crippen LogP contribution in [0.25, 0.3) is 0 Å². The van der Waals surface area contributed by atoms with Crippen molar-refractivity contribution in [1.29, 1.82) is 0 Å². The van der Waals surface area contributed by atoms with Crippen LogP contribution in [0.5, 0.6) is 23.0 Å². The molecule has 4 aliphatic heterocycles. The van der Waals surface area contributed by atoms with Crippen molar-refractivity contribution in [2.45, 2.75) is 172 Å². The van der Waals surface area contributed by atoms with E-state index in [4.69, 9.17) is 71.2 Å². The maximum atomic E-state index is 14.2.